The number of allylic oxidation sites excluding steroid dienone is 1. The fraction of sp³-hybridized carbons (Fsp3) is 0.457. The van der Waals surface area contributed by atoms with Crippen LogP contribution in [0.3, 0.4) is 0 Å². The number of likely N-dealkylation sites (N-methyl/N-ethyl adjacent to an activating group) is 1. The number of benzene rings is 2. The number of nitrogens with one attached hydrogen (secondary N) is 1. The maximum atomic E-state index is 14.3. The molecular weight excluding hydrogens is 602 g/mol. The Hall–Kier alpha value is -4.39. The van der Waals surface area contributed by atoms with Crippen LogP contribution in [0, 0.1) is 11.8 Å². The molecule has 12 nitrogen and oxygen atoms in total. The second-order valence-corrected chi connectivity index (χ2v) is 13.7. The summed E-state index contributed by atoms with van der Waals surface area (Å²) < 4.78 is 0. The van der Waals surface area contributed by atoms with E-state index >= 15 is 0 Å². The van der Waals surface area contributed by atoms with Crippen molar-refractivity contribution in [1.82, 2.24) is 9.80 Å². The number of rotatable bonds is 7. The van der Waals surface area contributed by atoms with Crippen LogP contribution < -0.4 is 16.0 Å². The molecule has 4 atom stereocenters. The summed E-state index contributed by atoms with van der Waals surface area (Å²) in [6.07, 6.45) is 1.93. The van der Waals surface area contributed by atoms with Gasteiger partial charge in [-0.05, 0) is 62.9 Å². The summed E-state index contributed by atoms with van der Waals surface area (Å²) in [5.41, 5.74) is 4.73. The van der Waals surface area contributed by atoms with Crippen LogP contribution in [0.25, 0.3) is 0 Å². The lowest BCUT2D eigenvalue weighted by molar-refractivity contribution is -0.148. The molecule has 47 heavy (non-hydrogen) atoms. The number of ketones is 2. The molecule has 1 heterocycles. The van der Waals surface area contributed by atoms with E-state index in [1.807, 2.05) is 43.3 Å². The zero-order valence-corrected chi connectivity index (χ0v) is 27.2. The zero-order valence-electron chi connectivity index (χ0n) is 27.2. The molecule has 2 aromatic rings. The van der Waals surface area contributed by atoms with E-state index in [1.54, 1.807) is 19.0 Å². The second kappa shape index (κ2) is 12.0. The van der Waals surface area contributed by atoms with Crippen LogP contribution in [-0.2, 0) is 22.6 Å². The molecule has 1 saturated heterocycles. The minimum absolute atomic E-state index is 0.000922. The molecule has 1 aliphatic heterocycles. The molecule has 4 aliphatic rings. The van der Waals surface area contributed by atoms with Crippen LogP contribution in [0.4, 0.5) is 11.4 Å². The summed E-state index contributed by atoms with van der Waals surface area (Å²) >= 11 is 0. The lowest BCUT2D eigenvalue weighted by atomic mass is 9.58. The number of aliphatic hydroxyl groups is 3. The predicted octanol–water partition coefficient (Wildman–Crippen LogP) is 2.26. The monoisotopic (exact) mass is 645 g/mol. The van der Waals surface area contributed by atoms with E-state index in [4.69, 9.17) is 5.73 Å². The Morgan fingerprint density at radius 1 is 1.06 bits per heavy atom. The summed E-state index contributed by atoms with van der Waals surface area (Å²) in [7, 11) is 6.91. The van der Waals surface area contributed by atoms with Gasteiger partial charge in [0.25, 0.3) is 5.91 Å². The highest BCUT2D eigenvalue weighted by atomic mass is 16.3. The summed E-state index contributed by atoms with van der Waals surface area (Å²) in [5.74, 6) is -6.61. The third-order valence-corrected chi connectivity index (χ3v) is 10.4. The van der Waals surface area contributed by atoms with Crippen LogP contribution in [0.15, 0.2) is 59.1 Å². The van der Waals surface area contributed by atoms with E-state index < -0.39 is 58.0 Å². The lowest BCUT2D eigenvalue weighted by Gasteiger charge is -2.50. The number of primary amides is 1. The average molecular weight is 646 g/mol. The number of piperidine rings is 1. The third-order valence-electron chi connectivity index (χ3n) is 10.4. The van der Waals surface area contributed by atoms with Gasteiger partial charge in [-0.2, -0.15) is 0 Å². The van der Waals surface area contributed by atoms with Crippen molar-refractivity contribution in [1.29, 1.82) is 0 Å². The molecular formula is C35H43N5O7. The Kier molecular flexibility index (Phi) is 8.31. The minimum Gasteiger partial charge on any atom is -0.510 e. The highest BCUT2D eigenvalue weighted by molar-refractivity contribution is 6.25. The summed E-state index contributed by atoms with van der Waals surface area (Å²) in [6, 6.07) is 11.1. The van der Waals surface area contributed by atoms with Gasteiger partial charge in [0.05, 0.1) is 17.3 Å². The molecule has 1 fully saturated rings. The zero-order chi connectivity index (χ0) is 33.9. The molecule has 4 unspecified atom stereocenters. The van der Waals surface area contributed by atoms with Crippen LogP contribution in [0.2, 0.25) is 0 Å². The number of fused-ring (bicyclic) bond motifs is 3. The number of amides is 1. The summed E-state index contributed by atoms with van der Waals surface area (Å²) in [5, 5.41) is 49.6. The minimum atomic E-state index is -2.67. The largest absolute Gasteiger partial charge is 0.510 e. The quantitative estimate of drug-likeness (QED) is 0.192. The van der Waals surface area contributed by atoms with Crippen molar-refractivity contribution in [3.63, 3.8) is 0 Å². The van der Waals surface area contributed by atoms with Crippen LogP contribution in [0.5, 0.6) is 5.75 Å². The van der Waals surface area contributed by atoms with Gasteiger partial charge in [-0.1, -0.05) is 30.3 Å². The Balaban J connectivity index is 1.35. The van der Waals surface area contributed by atoms with E-state index in [-0.39, 0.29) is 35.8 Å². The van der Waals surface area contributed by atoms with Gasteiger partial charge in [-0.3, -0.25) is 24.2 Å². The van der Waals surface area contributed by atoms with Crippen molar-refractivity contribution in [2.24, 2.45) is 17.6 Å². The fourth-order valence-corrected chi connectivity index (χ4v) is 8.10. The molecule has 0 saturated carbocycles. The van der Waals surface area contributed by atoms with Gasteiger partial charge in [0.15, 0.2) is 11.4 Å². The highest BCUT2D eigenvalue weighted by Crippen LogP contribution is 2.54. The highest BCUT2D eigenvalue weighted by Gasteiger charge is 2.63. The van der Waals surface area contributed by atoms with E-state index in [9.17, 15) is 34.8 Å². The van der Waals surface area contributed by atoms with Crippen molar-refractivity contribution in [3.8, 4) is 5.75 Å². The van der Waals surface area contributed by atoms with Crippen LogP contribution >= 0.6 is 0 Å². The molecule has 1 amide bonds. The van der Waals surface area contributed by atoms with Gasteiger partial charge in [0.2, 0.25) is 5.78 Å². The topological polar surface area (TPSA) is 180 Å². The molecule has 12 heteroatoms. The first-order chi connectivity index (χ1) is 22.2. The number of phenols is 1. The van der Waals surface area contributed by atoms with Gasteiger partial charge in [-0.25, -0.2) is 0 Å². The van der Waals surface area contributed by atoms with Crippen LogP contribution in [0.1, 0.15) is 40.7 Å². The number of likely N-dealkylation sites (tertiary alicyclic amines) is 1. The first kappa shape index (κ1) is 32.5. The van der Waals surface area contributed by atoms with Crippen molar-refractivity contribution in [2.75, 3.05) is 51.5 Å². The molecule has 2 aromatic carbocycles. The van der Waals surface area contributed by atoms with E-state index in [0.717, 1.165) is 38.2 Å². The standard InChI is InChI=1S/C35H43N5O7/c1-38(2)24-16-23(37-20-10-12-40(13-11-20)17-18-8-6-5-7-9-18)29(41)26-21(24)14-19-15-22-28(39(3)4)31(43)27(34(36)46)33(45)35(22,47)32(44)25(19)30(26)42/h5-9,16,19-20,22,28,37,41,43-44,47H,10-15,17H2,1-4H3,(H2,36,46). The Bertz CT molecular complexity index is 1690. The number of nitrogens with two attached hydrogens (primary N) is 1. The Morgan fingerprint density at radius 3 is 2.32 bits per heavy atom. The van der Waals surface area contributed by atoms with E-state index in [2.05, 4.69) is 22.3 Å². The number of carbonyl (C=O) groups is 3. The van der Waals surface area contributed by atoms with Crippen molar-refractivity contribution >= 4 is 28.8 Å². The molecule has 0 aromatic heterocycles. The molecule has 0 radical (unpaired) electrons. The average Bonchev–Trinajstić information content (AvgIpc) is 3.01. The Morgan fingerprint density at radius 2 is 1.72 bits per heavy atom. The number of anilines is 2. The normalized spacial score (nSPS) is 26.6. The first-order valence-corrected chi connectivity index (χ1v) is 16.0. The second-order valence-electron chi connectivity index (χ2n) is 13.7. The first-order valence-electron chi connectivity index (χ1n) is 16.0. The predicted molar refractivity (Wildman–Crippen MR) is 176 cm³/mol. The van der Waals surface area contributed by atoms with E-state index in [0.29, 0.717) is 11.3 Å². The number of nitrogens with zero attached hydrogens (tertiary/aromatic N) is 3. The van der Waals surface area contributed by atoms with Gasteiger partial charge >= 0.3 is 0 Å². The fourth-order valence-electron chi connectivity index (χ4n) is 8.10. The lowest BCUT2D eigenvalue weighted by Crippen LogP contribution is -2.63. The summed E-state index contributed by atoms with van der Waals surface area (Å²) in [4.78, 5) is 46.0. The third kappa shape index (κ3) is 5.24. The SMILES string of the molecule is CN(C)c1cc(NC2CCN(Cc3ccccc3)CC2)c(O)c2c1CC1CC3C(N(C)C)C(O)=C(C(N)=O)C(=O)C3(O)C(O)=C1C2=O. The summed E-state index contributed by atoms with van der Waals surface area (Å²) in [6.45, 7) is 2.58. The maximum absolute atomic E-state index is 14.3. The molecule has 0 bridgehead atoms. The number of hydrogen-bond acceptors (Lipinski definition) is 11. The van der Waals surface area contributed by atoms with Gasteiger partial charge in [0.1, 0.15) is 22.8 Å². The van der Waals surface area contributed by atoms with E-state index in [1.165, 1.54) is 5.56 Å². The molecule has 3 aliphatic carbocycles. The molecule has 7 N–H and O–H groups in total. The number of phenolic OH excluding ortho intramolecular Hbond substituents is 1. The molecule has 250 valence electrons. The number of hydrogen-bond donors (Lipinski definition) is 6. The van der Waals surface area contributed by atoms with Crippen LogP contribution in [-0.4, -0.2) is 107 Å². The number of aliphatic hydroxyl groups excluding tert-OH is 2. The molecule has 0 spiro atoms. The van der Waals surface area contributed by atoms with Gasteiger partial charge in [0, 0.05) is 56.9 Å². The number of carbonyl (C=O) groups excluding carboxylic acids is 3. The number of Topliss-reactive ketones (excluding diaryl/α,β-unsaturated/α-hetero) is 2. The van der Waals surface area contributed by atoms with Gasteiger partial charge < -0.3 is 36.4 Å². The van der Waals surface area contributed by atoms with Crippen molar-refractivity contribution in [3.05, 3.63) is 75.8 Å². The Labute approximate surface area is 273 Å². The van der Waals surface area contributed by atoms with Crippen molar-refractivity contribution in [2.45, 2.75) is 49.9 Å². The maximum Gasteiger partial charge on any atom is 0.255 e. The van der Waals surface area contributed by atoms with Crippen molar-refractivity contribution < 1.29 is 34.8 Å². The van der Waals surface area contributed by atoms with Gasteiger partial charge in [-0.15, -0.1) is 0 Å². The number of aromatic hydroxyl groups is 1. The smallest absolute Gasteiger partial charge is 0.255 e. The molecule has 6 rings (SSSR count).